The van der Waals surface area contributed by atoms with Gasteiger partial charge in [0.1, 0.15) is 11.9 Å². The van der Waals surface area contributed by atoms with Gasteiger partial charge >= 0.3 is 5.97 Å². The Labute approximate surface area is 97.0 Å². The zero-order valence-corrected chi connectivity index (χ0v) is 9.55. The van der Waals surface area contributed by atoms with Crippen LogP contribution in [0.15, 0.2) is 18.2 Å². The van der Waals surface area contributed by atoms with E-state index in [9.17, 15) is 9.18 Å². The first-order chi connectivity index (χ1) is 7.58. The van der Waals surface area contributed by atoms with Crippen molar-refractivity contribution < 1.29 is 14.3 Å². The molecule has 0 radical (unpaired) electrons. The van der Waals surface area contributed by atoms with Crippen LogP contribution in [0.2, 0.25) is 0 Å². The van der Waals surface area contributed by atoms with E-state index in [1.165, 1.54) is 17.8 Å². The predicted octanol–water partition coefficient (Wildman–Crippen LogP) is 1.92. The van der Waals surface area contributed by atoms with E-state index in [0.717, 1.165) is 5.56 Å². The number of nitrogens with one attached hydrogen (secondary N) is 1. The second-order valence-corrected chi connectivity index (χ2v) is 4.92. The molecule has 1 saturated heterocycles. The molecule has 2 atom stereocenters. The number of aryl methyl sites for hydroxylation is 1. The highest BCUT2D eigenvalue weighted by Crippen LogP contribution is 2.33. The number of halogens is 1. The molecule has 2 rings (SSSR count). The van der Waals surface area contributed by atoms with Crippen LogP contribution in [0.4, 0.5) is 4.39 Å². The number of hydrogen-bond acceptors (Lipinski definition) is 3. The molecule has 2 N–H and O–H groups in total. The Morgan fingerprint density at radius 1 is 1.62 bits per heavy atom. The lowest BCUT2D eigenvalue weighted by atomic mass is 10.1. The van der Waals surface area contributed by atoms with Gasteiger partial charge in [-0.1, -0.05) is 12.1 Å². The molecular weight excluding hydrogens is 229 g/mol. The highest BCUT2D eigenvalue weighted by molar-refractivity contribution is 7.99. The molecule has 16 heavy (non-hydrogen) atoms. The molecule has 1 aromatic rings. The van der Waals surface area contributed by atoms with Crippen LogP contribution in [0.3, 0.4) is 0 Å². The van der Waals surface area contributed by atoms with E-state index in [1.807, 2.05) is 6.07 Å². The lowest BCUT2D eigenvalue weighted by molar-refractivity contribution is -0.138. The minimum atomic E-state index is -0.859. The number of thioether (sulfide) groups is 1. The molecule has 0 spiro atoms. The van der Waals surface area contributed by atoms with Gasteiger partial charge in [0, 0.05) is 5.75 Å². The van der Waals surface area contributed by atoms with Crippen molar-refractivity contribution in [1.82, 2.24) is 5.32 Å². The molecule has 1 aliphatic heterocycles. The zero-order valence-electron chi connectivity index (χ0n) is 8.74. The van der Waals surface area contributed by atoms with Gasteiger partial charge < -0.3 is 5.11 Å². The van der Waals surface area contributed by atoms with Crippen LogP contribution in [-0.4, -0.2) is 22.9 Å². The molecule has 1 unspecified atom stereocenters. The second kappa shape index (κ2) is 4.43. The van der Waals surface area contributed by atoms with Gasteiger partial charge in [-0.15, -0.1) is 11.8 Å². The number of carbonyl (C=O) groups is 1. The highest BCUT2D eigenvalue weighted by atomic mass is 32.2. The Morgan fingerprint density at radius 2 is 2.38 bits per heavy atom. The summed E-state index contributed by atoms with van der Waals surface area (Å²) < 4.78 is 13.3. The van der Waals surface area contributed by atoms with Crippen LogP contribution in [0.25, 0.3) is 0 Å². The third kappa shape index (κ3) is 2.20. The lowest BCUT2D eigenvalue weighted by Gasteiger charge is -2.11. The standard InChI is InChI=1S/C11H12FNO2S/c1-6-2-3-7(4-8(6)12)10-13-9(5-16-10)11(14)15/h2-4,9-10,13H,5H2,1H3,(H,14,15)/t9-,10?/m0/s1. The van der Waals surface area contributed by atoms with E-state index in [-0.39, 0.29) is 11.2 Å². The van der Waals surface area contributed by atoms with E-state index >= 15 is 0 Å². The molecule has 0 aliphatic carbocycles. The third-order valence-electron chi connectivity index (χ3n) is 2.58. The van der Waals surface area contributed by atoms with E-state index < -0.39 is 12.0 Å². The lowest BCUT2D eigenvalue weighted by Crippen LogP contribution is -2.33. The summed E-state index contributed by atoms with van der Waals surface area (Å²) in [6.45, 7) is 1.70. The monoisotopic (exact) mass is 241 g/mol. The largest absolute Gasteiger partial charge is 0.480 e. The van der Waals surface area contributed by atoms with E-state index in [1.54, 1.807) is 13.0 Å². The van der Waals surface area contributed by atoms with Gasteiger partial charge in [-0.05, 0) is 24.1 Å². The first-order valence-electron chi connectivity index (χ1n) is 4.94. The molecule has 0 amide bonds. The summed E-state index contributed by atoms with van der Waals surface area (Å²) in [7, 11) is 0. The number of rotatable bonds is 2. The Hall–Kier alpha value is -1.07. The molecule has 1 aliphatic rings. The summed E-state index contributed by atoms with van der Waals surface area (Å²) in [6.07, 6.45) is 0. The van der Waals surface area contributed by atoms with Crippen molar-refractivity contribution in [3.05, 3.63) is 35.1 Å². The molecular formula is C11H12FNO2S. The maximum Gasteiger partial charge on any atom is 0.321 e. The second-order valence-electron chi connectivity index (χ2n) is 3.78. The van der Waals surface area contributed by atoms with Gasteiger partial charge in [-0.3, -0.25) is 10.1 Å². The molecule has 1 heterocycles. The van der Waals surface area contributed by atoms with Gasteiger partial charge in [0.05, 0.1) is 5.37 Å². The Bertz CT molecular complexity index is 424. The fourth-order valence-corrected chi connectivity index (χ4v) is 2.80. The average Bonchev–Trinajstić information content (AvgIpc) is 2.71. The van der Waals surface area contributed by atoms with Crippen molar-refractivity contribution in [2.24, 2.45) is 0 Å². The first kappa shape index (κ1) is 11.4. The Balaban J connectivity index is 2.14. The first-order valence-corrected chi connectivity index (χ1v) is 5.99. The third-order valence-corrected chi connectivity index (χ3v) is 3.85. The number of carboxylic acids is 1. The topological polar surface area (TPSA) is 49.3 Å². The van der Waals surface area contributed by atoms with Crippen LogP contribution in [0, 0.1) is 12.7 Å². The molecule has 1 fully saturated rings. The van der Waals surface area contributed by atoms with Crippen molar-refractivity contribution in [2.75, 3.05) is 5.75 Å². The fraction of sp³-hybridized carbons (Fsp3) is 0.364. The van der Waals surface area contributed by atoms with Crippen molar-refractivity contribution in [3.8, 4) is 0 Å². The minimum Gasteiger partial charge on any atom is -0.480 e. The van der Waals surface area contributed by atoms with Crippen LogP contribution in [0.5, 0.6) is 0 Å². The van der Waals surface area contributed by atoms with Crippen LogP contribution >= 0.6 is 11.8 Å². The maximum atomic E-state index is 13.3. The van der Waals surface area contributed by atoms with Gasteiger partial charge in [0.25, 0.3) is 0 Å². The van der Waals surface area contributed by atoms with Gasteiger partial charge in [-0.2, -0.15) is 0 Å². The predicted molar refractivity (Wildman–Crippen MR) is 60.9 cm³/mol. The van der Waals surface area contributed by atoms with Crippen molar-refractivity contribution in [1.29, 1.82) is 0 Å². The summed E-state index contributed by atoms with van der Waals surface area (Å²) in [6, 6.07) is 4.46. The summed E-state index contributed by atoms with van der Waals surface area (Å²) >= 11 is 1.49. The molecule has 0 aromatic heterocycles. The van der Waals surface area contributed by atoms with Crippen molar-refractivity contribution in [3.63, 3.8) is 0 Å². The number of hydrogen-bond donors (Lipinski definition) is 2. The number of benzene rings is 1. The molecule has 0 saturated carbocycles. The van der Waals surface area contributed by atoms with Gasteiger partial charge in [0.2, 0.25) is 0 Å². The smallest absolute Gasteiger partial charge is 0.321 e. The van der Waals surface area contributed by atoms with Crippen molar-refractivity contribution >= 4 is 17.7 Å². The van der Waals surface area contributed by atoms with Gasteiger partial charge in [-0.25, -0.2) is 4.39 Å². The number of aliphatic carboxylic acids is 1. The van der Waals surface area contributed by atoms with Crippen molar-refractivity contribution in [2.45, 2.75) is 18.3 Å². The molecule has 1 aromatic carbocycles. The van der Waals surface area contributed by atoms with E-state index in [4.69, 9.17) is 5.11 Å². The average molecular weight is 241 g/mol. The number of carboxylic acid groups (broad SMARTS) is 1. The van der Waals surface area contributed by atoms with E-state index in [0.29, 0.717) is 11.3 Å². The summed E-state index contributed by atoms with van der Waals surface area (Å²) in [5.74, 6) is -0.601. The van der Waals surface area contributed by atoms with Crippen LogP contribution < -0.4 is 5.32 Å². The summed E-state index contributed by atoms with van der Waals surface area (Å²) in [5.41, 5.74) is 1.39. The zero-order chi connectivity index (χ0) is 11.7. The van der Waals surface area contributed by atoms with Gasteiger partial charge in [0.15, 0.2) is 0 Å². The molecule has 86 valence electrons. The van der Waals surface area contributed by atoms with Crippen LogP contribution in [0.1, 0.15) is 16.5 Å². The summed E-state index contributed by atoms with van der Waals surface area (Å²) in [5, 5.41) is 11.6. The quantitative estimate of drug-likeness (QED) is 0.830. The minimum absolute atomic E-state index is 0.129. The van der Waals surface area contributed by atoms with Crippen LogP contribution in [-0.2, 0) is 4.79 Å². The van der Waals surface area contributed by atoms with E-state index in [2.05, 4.69) is 5.32 Å². The fourth-order valence-electron chi connectivity index (χ4n) is 1.58. The molecule has 3 nitrogen and oxygen atoms in total. The Kier molecular flexibility index (Phi) is 3.16. The highest BCUT2D eigenvalue weighted by Gasteiger charge is 2.30. The Morgan fingerprint density at radius 3 is 2.94 bits per heavy atom. The molecule has 0 bridgehead atoms. The SMILES string of the molecule is Cc1ccc(C2N[C@H](C(=O)O)CS2)cc1F. The summed E-state index contributed by atoms with van der Waals surface area (Å²) in [4.78, 5) is 10.7. The molecule has 5 heteroatoms. The maximum absolute atomic E-state index is 13.3. The normalized spacial score (nSPS) is 24.6.